The number of hydrogen-bond donors (Lipinski definition) is 0. The minimum atomic E-state index is -0.287. The van der Waals surface area contributed by atoms with E-state index in [0.29, 0.717) is 12.2 Å². The highest BCUT2D eigenvalue weighted by Crippen LogP contribution is 2.23. The van der Waals surface area contributed by atoms with E-state index in [1.165, 1.54) is 11.1 Å². The van der Waals surface area contributed by atoms with Crippen LogP contribution >= 0.6 is 0 Å². The van der Waals surface area contributed by atoms with Gasteiger partial charge < -0.3 is 4.74 Å². The summed E-state index contributed by atoms with van der Waals surface area (Å²) in [6, 6.07) is 16.3. The highest BCUT2D eigenvalue weighted by molar-refractivity contribution is 5.89. The van der Waals surface area contributed by atoms with E-state index in [4.69, 9.17) is 4.74 Å². The highest BCUT2D eigenvalue weighted by Gasteiger charge is 2.13. The van der Waals surface area contributed by atoms with Gasteiger partial charge in [0.05, 0.1) is 12.2 Å². The first-order valence-corrected chi connectivity index (χ1v) is 9.44. The molecule has 144 valence electrons. The number of hydrogen-bond acceptors (Lipinski definition) is 3. The Morgan fingerprint density at radius 1 is 1.00 bits per heavy atom. The van der Waals surface area contributed by atoms with E-state index in [1.807, 2.05) is 12.1 Å². The van der Waals surface area contributed by atoms with Gasteiger partial charge in [-0.2, -0.15) is 0 Å². The van der Waals surface area contributed by atoms with Crippen molar-refractivity contribution in [2.75, 3.05) is 20.2 Å². The van der Waals surface area contributed by atoms with E-state index in [-0.39, 0.29) is 11.4 Å². The summed E-state index contributed by atoms with van der Waals surface area (Å²) in [5, 5.41) is 0. The van der Waals surface area contributed by atoms with Gasteiger partial charge in [0.15, 0.2) is 0 Å². The molecule has 0 atom stereocenters. The zero-order valence-electron chi connectivity index (χ0n) is 17.2. The summed E-state index contributed by atoms with van der Waals surface area (Å²) in [5.41, 5.74) is 5.45. The van der Waals surface area contributed by atoms with Crippen LogP contribution in [0.1, 0.15) is 54.7 Å². The summed E-state index contributed by atoms with van der Waals surface area (Å²) in [5.74, 6) is -0.287. The number of ether oxygens (including phenoxy) is 1. The third-order valence-corrected chi connectivity index (χ3v) is 4.54. The minimum absolute atomic E-state index is 0.175. The molecule has 0 fully saturated rings. The zero-order chi connectivity index (χ0) is 20.0. The van der Waals surface area contributed by atoms with Crippen LogP contribution in [0.3, 0.4) is 0 Å². The van der Waals surface area contributed by atoms with Gasteiger partial charge in [-0.05, 0) is 53.8 Å². The topological polar surface area (TPSA) is 29.5 Å². The Kier molecular flexibility index (Phi) is 6.98. The van der Waals surface area contributed by atoms with E-state index < -0.39 is 0 Å². The molecule has 0 N–H and O–H groups in total. The van der Waals surface area contributed by atoms with Crippen LogP contribution in [0.2, 0.25) is 0 Å². The van der Waals surface area contributed by atoms with Gasteiger partial charge in [-0.25, -0.2) is 4.79 Å². The normalized spacial score (nSPS) is 11.5. The number of carbonyl (C=O) groups excluding carboxylic acids is 1. The first-order valence-electron chi connectivity index (χ1n) is 9.44. The van der Waals surface area contributed by atoms with Crippen LogP contribution in [-0.2, 0) is 16.7 Å². The quantitative estimate of drug-likeness (QED) is 0.623. The summed E-state index contributed by atoms with van der Waals surface area (Å²) in [6.07, 6.45) is 0. The maximum atomic E-state index is 11.7. The van der Waals surface area contributed by atoms with Gasteiger partial charge in [0.1, 0.15) is 0 Å². The lowest BCUT2D eigenvalue weighted by Crippen LogP contribution is -2.20. The van der Waals surface area contributed by atoms with Crippen LogP contribution < -0.4 is 0 Å². The number of carbonyl (C=O) groups is 1. The van der Waals surface area contributed by atoms with Gasteiger partial charge in [-0.3, -0.25) is 4.90 Å². The molecule has 0 amide bonds. The van der Waals surface area contributed by atoms with Crippen molar-refractivity contribution in [2.45, 2.75) is 39.7 Å². The van der Waals surface area contributed by atoms with Gasteiger partial charge in [-0.1, -0.05) is 63.7 Å². The molecule has 27 heavy (non-hydrogen) atoms. The molecule has 0 radical (unpaired) electrons. The summed E-state index contributed by atoms with van der Waals surface area (Å²) < 4.78 is 5.02. The van der Waals surface area contributed by atoms with E-state index in [9.17, 15) is 4.79 Å². The van der Waals surface area contributed by atoms with E-state index in [1.54, 1.807) is 19.1 Å². The molecule has 0 aromatic heterocycles. The van der Waals surface area contributed by atoms with E-state index in [0.717, 1.165) is 24.2 Å². The van der Waals surface area contributed by atoms with E-state index in [2.05, 4.69) is 63.6 Å². The minimum Gasteiger partial charge on any atom is -0.462 e. The molecule has 0 saturated heterocycles. The lowest BCUT2D eigenvalue weighted by molar-refractivity contribution is 0.0526. The van der Waals surface area contributed by atoms with Gasteiger partial charge in [0.2, 0.25) is 0 Å². The van der Waals surface area contributed by atoms with Crippen LogP contribution in [0, 0.1) is 0 Å². The molecule has 0 aliphatic heterocycles. The standard InChI is InChI=1S/C24H31NO2/c1-7-27-23(26)21-12-10-20(11-13-21)18(2)16-25(6)17-19-8-14-22(15-9-19)24(3,4)5/h8-15H,2,7,16-17H2,1,3-6H3. The van der Waals surface area contributed by atoms with Crippen molar-refractivity contribution in [1.82, 2.24) is 4.90 Å². The Bertz CT molecular complexity index is 768. The van der Waals surface area contributed by atoms with Crippen LogP contribution in [-0.4, -0.2) is 31.1 Å². The molecule has 2 rings (SSSR count). The third-order valence-electron chi connectivity index (χ3n) is 4.54. The van der Waals surface area contributed by atoms with Crippen molar-refractivity contribution in [3.8, 4) is 0 Å². The fraction of sp³-hybridized carbons (Fsp3) is 0.375. The summed E-state index contributed by atoms with van der Waals surface area (Å²) in [6.45, 7) is 14.7. The average Bonchev–Trinajstić information content (AvgIpc) is 2.61. The maximum Gasteiger partial charge on any atom is 0.338 e. The second-order valence-corrected chi connectivity index (χ2v) is 8.02. The highest BCUT2D eigenvalue weighted by atomic mass is 16.5. The molecular formula is C24H31NO2. The summed E-state index contributed by atoms with van der Waals surface area (Å²) in [7, 11) is 2.09. The average molecular weight is 366 g/mol. The number of nitrogens with zero attached hydrogens (tertiary/aromatic N) is 1. The molecular weight excluding hydrogens is 334 g/mol. The maximum absolute atomic E-state index is 11.7. The van der Waals surface area contributed by atoms with E-state index >= 15 is 0 Å². The zero-order valence-corrected chi connectivity index (χ0v) is 17.2. The van der Waals surface area contributed by atoms with Gasteiger partial charge >= 0.3 is 5.97 Å². The monoisotopic (exact) mass is 365 g/mol. The molecule has 2 aromatic carbocycles. The Morgan fingerprint density at radius 3 is 2.07 bits per heavy atom. The Labute approximate surface area is 163 Å². The van der Waals surface area contributed by atoms with Crippen molar-refractivity contribution in [3.05, 3.63) is 77.4 Å². The number of esters is 1. The molecule has 0 aliphatic carbocycles. The molecule has 0 aliphatic rings. The van der Waals surface area contributed by atoms with Gasteiger partial charge in [0.25, 0.3) is 0 Å². The summed E-state index contributed by atoms with van der Waals surface area (Å²) >= 11 is 0. The van der Waals surface area contributed by atoms with Crippen molar-refractivity contribution in [1.29, 1.82) is 0 Å². The first kappa shape index (κ1) is 20.9. The second kappa shape index (κ2) is 9.01. The van der Waals surface area contributed by atoms with Crippen molar-refractivity contribution in [2.24, 2.45) is 0 Å². The van der Waals surface area contributed by atoms with Crippen LogP contribution in [0.5, 0.6) is 0 Å². The fourth-order valence-electron chi connectivity index (χ4n) is 2.95. The van der Waals surface area contributed by atoms with Crippen LogP contribution in [0.25, 0.3) is 5.57 Å². The lowest BCUT2D eigenvalue weighted by Gasteiger charge is -2.21. The van der Waals surface area contributed by atoms with Crippen LogP contribution in [0.15, 0.2) is 55.1 Å². The lowest BCUT2D eigenvalue weighted by atomic mass is 9.87. The van der Waals surface area contributed by atoms with Gasteiger partial charge in [0, 0.05) is 13.1 Å². The van der Waals surface area contributed by atoms with Crippen molar-refractivity contribution in [3.63, 3.8) is 0 Å². The number of likely N-dealkylation sites (N-methyl/N-ethyl adjacent to an activating group) is 1. The predicted molar refractivity (Wildman–Crippen MR) is 113 cm³/mol. The molecule has 3 heteroatoms. The molecule has 0 spiro atoms. The number of rotatable bonds is 7. The van der Waals surface area contributed by atoms with Gasteiger partial charge in [-0.15, -0.1) is 0 Å². The molecule has 0 saturated carbocycles. The largest absolute Gasteiger partial charge is 0.462 e. The SMILES string of the molecule is C=C(CN(C)Cc1ccc(C(C)(C)C)cc1)c1ccc(C(=O)OCC)cc1. The fourth-order valence-corrected chi connectivity index (χ4v) is 2.95. The predicted octanol–water partition coefficient (Wildman–Crippen LogP) is 5.31. The number of benzene rings is 2. The smallest absolute Gasteiger partial charge is 0.338 e. The Balaban J connectivity index is 1.94. The molecule has 3 nitrogen and oxygen atoms in total. The molecule has 0 bridgehead atoms. The first-order chi connectivity index (χ1) is 12.7. The Hall–Kier alpha value is -2.39. The Morgan fingerprint density at radius 2 is 1.56 bits per heavy atom. The van der Waals surface area contributed by atoms with Crippen molar-refractivity contribution < 1.29 is 9.53 Å². The second-order valence-electron chi connectivity index (χ2n) is 8.02. The molecule has 0 heterocycles. The third kappa shape index (κ3) is 6.07. The van der Waals surface area contributed by atoms with Crippen LogP contribution in [0.4, 0.5) is 0 Å². The summed E-state index contributed by atoms with van der Waals surface area (Å²) in [4.78, 5) is 14.0. The molecule has 0 unspecified atom stereocenters. The molecule has 2 aromatic rings. The van der Waals surface area contributed by atoms with Crippen molar-refractivity contribution >= 4 is 11.5 Å².